The van der Waals surface area contributed by atoms with Gasteiger partial charge in [-0.15, -0.1) is 10.2 Å². The molecule has 1 amide bonds. The van der Waals surface area contributed by atoms with Crippen LogP contribution in [0.5, 0.6) is 0 Å². The highest BCUT2D eigenvalue weighted by molar-refractivity contribution is 7.18. The Morgan fingerprint density at radius 2 is 2.17 bits per heavy atom. The van der Waals surface area contributed by atoms with Crippen LogP contribution in [0.2, 0.25) is 0 Å². The van der Waals surface area contributed by atoms with E-state index < -0.39 is 0 Å². The first kappa shape index (κ1) is 12.5. The van der Waals surface area contributed by atoms with Crippen molar-refractivity contribution >= 4 is 28.1 Å². The summed E-state index contributed by atoms with van der Waals surface area (Å²) >= 11 is 1.32. The fourth-order valence-corrected chi connectivity index (χ4v) is 2.29. The highest BCUT2D eigenvalue weighted by atomic mass is 32.1. The molecular formula is C12H14N4OS. The summed E-state index contributed by atoms with van der Waals surface area (Å²) in [4.78, 5) is 11.4. The summed E-state index contributed by atoms with van der Waals surface area (Å²) in [6.45, 7) is 1.95. The normalized spacial score (nSPS) is 10.3. The Morgan fingerprint density at radius 3 is 2.89 bits per heavy atom. The van der Waals surface area contributed by atoms with Gasteiger partial charge in [0, 0.05) is 17.7 Å². The molecule has 94 valence electrons. The van der Waals surface area contributed by atoms with Gasteiger partial charge >= 0.3 is 0 Å². The lowest BCUT2D eigenvalue weighted by molar-refractivity contribution is -0.116. The molecule has 1 aromatic carbocycles. The van der Waals surface area contributed by atoms with Gasteiger partial charge in [0.25, 0.3) is 0 Å². The van der Waals surface area contributed by atoms with Crippen molar-refractivity contribution in [2.45, 2.75) is 19.8 Å². The summed E-state index contributed by atoms with van der Waals surface area (Å²) in [5, 5.41) is 11.9. The molecule has 0 aliphatic carbocycles. The Balaban J connectivity index is 2.16. The van der Waals surface area contributed by atoms with E-state index in [2.05, 4.69) is 15.5 Å². The van der Waals surface area contributed by atoms with Gasteiger partial charge in [0.1, 0.15) is 0 Å². The molecule has 0 aliphatic heterocycles. The molecule has 0 unspecified atom stereocenters. The maximum absolute atomic E-state index is 11.4. The quantitative estimate of drug-likeness (QED) is 0.830. The SMILES string of the molecule is CCCC(=O)Nc1nnc(-c2ccccc2N)s1. The number of hydrogen-bond acceptors (Lipinski definition) is 5. The zero-order chi connectivity index (χ0) is 13.0. The van der Waals surface area contributed by atoms with Crippen LogP contribution in [0.15, 0.2) is 24.3 Å². The van der Waals surface area contributed by atoms with Crippen LogP contribution in [0.1, 0.15) is 19.8 Å². The summed E-state index contributed by atoms with van der Waals surface area (Å²) in [5.41, 5.74) is 7.35. The summed E-state index contributed by atoms with van der Waals surface area (Å²) < 4.78 is 0. The third kappa shape index (κ3) is 2.84. The van der Waals surface area contributed by atoms with E-state index >= 15 is 0 Å². The first-order valence-corrected chi connectivity index (χ1v) is 6.50. The number of nitrogens with one attached hydrogen (secondary N) is 1. The Hall–Kier alpha value is -1.95. The van der Waals surface area contributed by atoms with Crippen molar-refractivity contribution in [3.05, 3.63) is 24.3 Å². The second-order valence-electron chi connectivity index (χ2n) is 3.80. The van der Waals surface area contributed by atoms with Crippen LogP contribution in [0.3, 0.4) is 0 Å². The maximum Gasteiger partial charge on any atom is 0.226 e. The molecule has 18 heavy (non-hydrogen) atoms. The number of nitrogen functional groups attached to an aromatic ring is 1. The molecule has 0 fully saturated rings. The molecule has 0 saturated carbocycles. The van der Waals surface area contributed by atoms with Gasteiger partial charge in [-0.1, -0.05) is 30.4 Å². The predicted molar refractivity (Wildman–Crippen MR) is 73.3 cm³/mol. The van der Waals surface area contributed by atoms with Crippen molar-refractivity contribution < 1.29 is 4.79 Å². The van der Waals surface area contributed by atoms with Crippen LogP contribution in [-0.4, -0.2) is 16.1 Å². The van der Waals surface area contributed by atoms with E-state index in [1.165, 1.54) is 11.3 Å². The maximum atomic E-state index is 11.4. The van der Waals surface area contributed by atoms with Crippen LogP contribution in [0.25, 0.3) is 10.6 Å². The van der Waals surface area contributed by atoms with E-state index in [-0.39, 0.29) is 5.91 Å². The van der Waals surface area contributed by atoms with Crippen LogP contribution in [0.4, 0.5) is 10.8 Å². The molecule has 1 aromatic heterocycles. The standard InChI is InChI=1S/C12H14N4OS/c1-2-5-10(17)14-12-16-15-11(18-12)8-6-3-4-7-9(8)13/h3-4,6-7H,2,5,13H2,1H3,(H,14,16,17). The number of benzene rings is 1. The highest BCUT2D eigenvalue weighted by Gasteiger charge is 2.10. The third-order valence-corrected chi connectivity index (χ3v) is 3.21. The van der Waals surface area contributed by atoms with Crippen molar-refractivity contribution in [1.82, 2.24) is 10.2 Å². The van der Waals surface area contributed by atoms with Gasteiger partial charge in [0.2, 0.25) is 11.0 Å². The second kappa shape index (κ2) is 5.59. The topological polar surface area (TPSA) is 80.9 Å². The minimum absolute atomic E-state index is 0.0405. The van der Waals surface area contributed by atoms with Gasteiger partial charge in [0.05, 0.1) is 0 Å². The van der Waals surface area contributed by atoms with Crippen LogP contribution >= 0.6 is 11.3 Å². The summed E-state index contributed by atoms with van der Waals surface area (Å²) in [7, 11) is 0. The molecule has 5 nitrogen and oxygen atoms in total. The minimum Gasteiger partial charge on any atom is -0.398 e. The van der Waals surface area contributed by atoms with Gasteiger partial charge in [-0.2, -0.15) is 0 Å². The molecule has 2 aromatic rings. The Bertz CT molecular complexity index is 553. The van der Waals surface area contributed by atoms with Crippen LogP contribution in [0, 0.1) is 0 Å². The number of carbonyl (C=O) groups excluding carboxylic acids is 1. The number of nitrogens with two attached hydrogens (primary N) is 1. The highest BCUT2D eigenvalue weighted by Crippen LogP contribution is 2.30. The number of aromatic nitrogens is 2. The molecule has 0 saturated heterocycles. The lowest BCUT2D eigenvalue weighted by Crippen LogP contribution is -2.10. The van der Waals surface area contributed by atoms with Gasteiger partial charge < -0.3 is 11.1 Å². The average molecular weight is 262 g/mol. The Morgan fingerprint density at radius 1 is 1.39 bits per heavy atom. The fraction of sp³-hybridized carbons (Fsp3) is 0.250. The molecule has 0 radical (unpaired) electrons. The Labute approximate surface area is 109 Å². The first-order chi connectivity index (χ1) is 8.70. The summed E-state index contributed by atoms with van der Waals surface area (Å²) in [6.07, 6.45) is 1.30. The second-order valence-corrected chi connectivity index (χ2v) is 4.78. The number of anilines is 2. The number of carbonyl (C=O) groups is 1. The van der Waals surface area contributed by atoms with Crippen molar-refractivity contribution in [1.29, 1.82) is 0 Å². The number of rotatable bonds is 4. The minimum atomic E-state index is -0.0405. The van der Waals surface area contributed by atoms with Crippen molar-refractivity contribution in [2.75, 3.05) is 11.1 Å². The number of hydrogen-bond donors (Lipinski definition) is 2. The van der Waals surface area contributed by atoms with E-state index in [0.717, 1.165) is 12.0 Å². The predicted octanol–water partition coefficient (Wildman–Crippen LogP) is 2.53. The molecule has 0 bridgehead atoms. The van der Waals surface area contributed by atoms with Crippen molar-refractivity contribution in [3.8, 4) is 10.6 Å². The van der Waals surface area contributed by atoms with Crippen molar-refractivity contribution in [3.63, 3.8) is 0 Å². The summed E-state index contributed by atoms with van der Waals surface area (Å²) in [6, 6.07) is 7.45. The molecule has 6 heteroatoms. The van der Waals surface area contributed by atoms with E-state index in [9.17, 15) is 4.79 Å². The third-order valence-electron chi connectivity index (χ3n) is 2.34. The molecule has 2 rings (SSSR count). The largest absolute Gasteiger partial charge is 0.398 e. The van der Waals surface area contributed by atoms with Gasteiger partial charge in [-0.3, -0.25) is 4.79 Å². The number of para-hydroxylation sites is 1. The smallest absolute Gasteiger partial charge is 0.226 e. The fourth-order valence-electron chi connectivity index (χ4n) is 1.48. The van der Waals surface area contributed by atoms with Crippen LogP contribution < -0.4 is 11.1 Å². The van der Waals surface area contributed by atoms with E-state index in [1.807, 2.05) is 31.2 Å². The van der Waals surface area contributed by atoms with Crippen LogP contribution in [-0.2, 0) is 4.79 Å². The van der Waals surface area contributed by atoms with E-state index in [4.69, 9.17) is 5.73 Å². The number of amides is 1. The van der Waals surface area contributed by atoms with E-state index in [0.29, 0.717) is 22.2 Å². The molecule has 0 aliphatic rings. The lowest BCUT2D eigenvalue weighted by Gasteiger charge is -1.99. The number of nitrogens with zero attached hydrogens (tertiary/aromatic N) is 2. The first-order valence-electron chi connectivity index (χ1n) is 5.69. The molecule has 3 N–H and O–H groups in total. The molecule has 1 heterocycles. The molecular weight excluding hydrogens is 248 g/mol. The summed E-state index contributed by atoms with van der Waals surface area (Å²) in [5.74, 6) is -0.0405. The Kier molecular flexibility index (Phi) is 3.88. The zero-order valence-corrected chi connectivity index (χ0v) is 10.8. The molecule has 0 spiro atoms. The van der Waals surface area contributed by atoms with Crippen molar-refractivity contribution in [2.24, 2.45) is 0 Å². The molecule has 0 atom stereocenters. The zero-order valence-electron chi connectivity index (χ0n) is 10.0. The monoisotopic (exact) mass is 262 g/mol. The van der Waals surface area contributed by atoms with Gasteiger partial charge in [-0.05, 0) is 18.6 Å². The average Bonchev–Trinajstić information content (AvgIpc) is 2.78. The lowest BCUT2D eigenvalue weighted by atomic mass is 10.2. The van der Waals surface area contributed by atoms with Gasteiger partial charge in [0.15, 0.2) is 5.01 Å². The van der Waals surface area contributed by atoms with E-state index in [1.54, 1.807) is 0 Å². The van der Waals surface area contributed by atoms with Gasteiger partial charge in [-0.25, -0.2) is 0 Å².